The van der Waals surface area contributed by atoms with Crippen molar-refractivity contribution in [1.82, 2.24) is 4.57 Å². The number of aromatic nitrogens is 1. The van der Waals surface area contributed by atoms with Gasteiger partial charge in [0.05, 0.1) is 12.5 Å². The fraction of sp³-hybridized carbons (Fsp3) is 0.581. The second-order valence-electron chi connectivity index (χ2n) is 9.61. The Morgan fingerprint density at radius 3 is 1.97 bits per heavy atom. The average Bonchev–Trinajstić information content (AvgIpc) is 2.88. The normalized spacial score (nSPS) is 11.4. The van der Waals surface area contributed by atoms with E-state index in [0.29, 0.717) is 17.6 Å². The second-order valence-corrected chi connectivity index (χ2v) is 10.2. The van der Waals surface area contributed by atoms with Crippen LogP contribution in [0.5, 0.6) is 5.75 Å². The molecule has 0 saturated heterocycles. The summed E-state index contributed by atoms with van der Waals surface area (Å²) < 4.78 is 7.78. The third-order valence-electron chi connectivity index (χ3n) is 6.53. The summed E-state index contributed by atoms with van der Waals surface area (Å²) in [5, 5.41) is 0.629. The van der Waals surface area contributed by atoms with Gasteiger partial charge in [0.25, 0.3) is 0 Å². The summed E-state index contributed by atoms with van der Waals surface area (Å²) in [5.41, 5.74) is 2.06. The van der Waals surface area contributed by atoms with Crippen LogP contribution in [0.15, 0.2) is 59.7 Å². The molecule has 1 aromatic heterocycles. The quantitative estimate of drug-likeness (QED) is 0.0944. The lowest BCUT2D eigenvalue weighted by atomic mass is 10.0. The van der Waals surface area contributed by atoms with Crippen molar-refractivity contribution in [3.05, 3.63) is 76.4 Å². The minimum absolute atomic E-state index is 0.0788. The summed E-state index contributed by atoms with van der Waals surface area (Å²) in [6, 6.07) is 11.9. The monoisotopic (exact) mass is 543 g/mol. The Morgan fingerprint density at radius 2 is 1.40 bits per heavy atom. The number of nitrogens with zero attached hydrogens (tertiary/aromatic N) is 1. The Kier molecular flexibility index (Phi) is 16.3. The largest absolute Gasteiger partial charge is 0.460 e. The van der Waals surface area contributed by atoms with Crippen molar-refractivity contribution in [3.63, 3.8) is 0 Å². The molecular formula is C31H46BrNO2. The Morgan fingerprint density at radius 1 is 0.829 bits per heavy atom. The van der Waals surface area contributed by atoms with E-state index in [1.54, 1.807) is 12.3 Å². The van der Waals surface area contributed by atoms with Crippen molar-refractivity contribution >= 4 is 15.9 Å². The Bertz CT molecular complexity index is 875. The van der Waals surface area contributed by atoms with Crippen molar-refractivity contribution in [2.45, 2.75) is 115 Å². The highest BCUT2D eigenvalue weighted by Gasteiger charge is 2.07. The highest BCUT2D eigenvalue weighted by Crippen LogP contribution is 2.15. The van der Waals surface area contributed by atoms with Crippen LogP contribution in [0.2, 0.25) is 0 Å². The first kappa shape index (κ1) is 29.4. The molecule has 0 saturated carbocycles. The summed E-state index contributed by atoms with van der Waals surface area (Å²) in [5.74, 6) is 0.378. The van der Waals surface area contributed by atoms with Crippen LogP contribution in [0.1, 0.15) is 114 Å². The molecule has 1 aromatic carbocycles. The lowest BCUT2D eigenvalue weighted by molar-refractivity contribution is 0.464. The number of hydrogen-bond donors (Lipinski definition) is 0. The van der Waals surface area contributed by atoms with E-state index in [0.717, 1.165) is 12.1 Å². The number of ether oxygens (including phenoxy) is 1. The molecule has 2 aromatic rings. The maximum Gasteiger partial charge on any atom is 0.224 e. The molecule has 0 radical (unpaired) electrons. The van der Waals surface area contributed by atoms with Gasteiger partial charge in [-0.1, -0.05) is 137 Å². The molecule has 2 rings (SSSR count). The van der Waals surface area contributed by atoms with E-state index in [1.807, 2.05) is 30.5 Å². The summed E-state index contributed by atoms with van der Waals surface area (Å²) in [6.07, 6.45) is 25.8. The highest BCUT2D eigenvalue weighted by atomic mass is 79.9. The summed E-state index contributed by atoms with van der Waals surface area (Å²) in [4.78, 5) is 12.4. The van der Waals surface area contributed by atoms with E-state index < -0.39 is 0 Å². The molecule has 0 aliphatic carbocycles. The van der Waals surface area contributed by atoms with Gasteiger partial charge in [-0.05, 0) is 24.5 Å². The van der Waals surface area contributed by atoms with Crippen molar-refractivity contribution < 1.29 is 4.74 Å². The van der Waals surface area contributed by atoms with E-state index in [1.165, 1.54) is 95.5 Å². The first-order chi connectivity index (χ1) is 17.2. The summed E-state index contributed by atoms with van der Waals surface area (Å²) >= 11 is 3.49. The van der Waals surface area contributed by atoms with Crippen LogP contribution in [0.3, 0.4) is 0 Å². The molecule has 0 aliphatic rings. The van der Waals surface area contributed by atoms with Gasteiger partial charge >= 0.3 is 0 Å². The first-order valence-electron chi connectivity index (χ1n) is 13.9. The van der Waals surface area contributed by atoms with E-state index in [4.69, 9.17) is 4.74 Å². The van der Waals surface area contributed by atoms with E-state index in [2.05, 4.69) is 39.6 Å². The van der Waals surface area contributed by atoms with Gasteiger partial charge in [0.1, 0.15) is 0 Å². The third kappa shape index (κ3) is 13.2. The van der Waals surface area contributed by atoms with Gasteiger partial charge in [0.2, 0.25) is 5.43 Å². The van der Waals surface area contributed by atoms with Crippen molar-refractivity contribution in [2.24, 2.45) is 0 Å². The zero-order valence-corrected chi connectivity index (χ0v) is 23.4. The Labute approximate surface area is 222 Å². The molecule has 0 fully saturated rings. The van der Waals surface area contributed by atoms with Crippen LogP contribution in [0, 0.1) is 0 Å². The summed E-state index contributed by atoms with van der Waals surface area (Å²) in [7, 11) is 0. The van der Waals surface area contributed by atoms with Gasteiger partial charge in [-0.15, -0.1) is 0 Å². The fourth-order valence-electron chi connectivity index (χ4n) is 4.37. The molecule has 1 heterocycles. The smallest absolute Gasteiger partial charge is 0.224 e. The zero-order chi connectivity index (χ0) is 25.0. The molecule has 35 heavy (non-hydrogen) atoms. The molecule has 0 bridgehead atoms. The molecule has 0 atom stereocenters. The van der Waals surface area contributed by atoms with Gasteiger partial charge in [-0.2, -0.15) is 0 Å². The first-order valence-corrected chi connectivity index (χ1v) is 15.0. The van der Waals surface area contributed by atoms with Gasteiger partial charge < -0.3 is 9.30 Å². The third-order valence-corrected chi connectivity index (χ3v) is 7.11. The predicted molar refractivity (Wildman–Crippen MR) is 154 cm³/mol. The van der Waals surface area contributed by atoms with Crippen molar-refractivity contribution in [3.8, 4) is 5.75 Å². The number of pyridine rings is 1. The fourth-order valence-corrected chi connectivity index (χ4v) is 4.85. The number of alkyl halides is 1. The number of benzene rings is 1. The number of hydrogen-bond acceptors (Lipinski definition) is 2. The highest BCUT2D eigenvalue weighted by molar-refractivity contribution is 9.08. The van der Waals surface area contributed by atoms with Gasteiger partial charge in [-0.25, -0.2) is 0 Å². The van der Waals surface area contributed by atoms with Crippen LogP contribution in [-0.4, -0.2) is 4.57 Å². The molecule has 0 spiro atoms. The van der Waals surface area contributed by atoms with Crippen LogP contribution >= 0.6 is 15.9 Å². The lowest BCUT2D eigenvalue weighted by Gasteiger charge is -2.13. The molecule has 194 valence electrons. The average molecular weight is 545 g/mol. The number of allylic oxidation sites excluding steroid dienone is 1. The standard InChI is InChI=1S/C31H46BrNO2/c1-2-3-4-5-6-7-8-9-10-11-12-13-14-15-16-20-23-35-31-27-33(29(25-32)24-30(31)34)26-28-21-18-17-19-22-28/h17-24,27H,2-16,25-26H2,1H3. The maximum atomic E-state index is 12.4. The summed E-state index contributed by atoms with van der Waals surface area (Å²) in [6.45, 7) is 2.99. The van der Waals surface area contributed by atoms with E-state index in [9.17, 15) is 4.79 Å². The minimum Gasteiger partial charge on any atom is -0.460 e. The van der Waals surface area contributed by atoms with Crippen LogP contribution < -0.4 is 10.2 Å². The van der Waals surface area contributed by atoms with Crippen LogP contribution in [0.4, 0.5) is 0 Å². The second kappa shape index (κ2) is 19.4. The topological polar surface area (TPSA) is 31.2 Å². The Balaban J connectivity index is 1.56. The minimum atomic E-state index is -0.0788. The molecule has 0 aliphatic heterocycles. The lowest BCUT2D eigenvalue weighted by Crippen LogP contribution is -2.14. The van der Waals surface area contributed by atoms with Crippen LogP contribution in [-0.2, 0) is 11.9 Å². The van der Waals surface area contributed by atoms with Crippen LogP contribution in [0.25, 0.3) is 0 Å². The maximum absolute atomic E-state index is 12.4. The van der Waals surface area contributed by atoms with Gasteiger partial charge in [0, 0.05) is 23.6 Å². The van der Waals surface area contributed by atoms with Crippen molar-refractivity contribution in [2.75, 3.05) is 0 Å². The van der Waals surface area contributed by atoms with E-state index >= 15 is 0 Å². The van der Waals surface area contributed by atoms with E-state index in [-0.39, 0.29) is 5.43 Å². The SMILES string of the molecule is CCCCCCCCCCCCCCCCC=COc1cn(Cc2ccccc2)c(CBr)cc1=O. The molecule has 0 unspecified atom stereocenters. The van der Waals surface area contributed by atoms with Crippen molar-refractivity contribution in [1.29, 1.82) is 0 Å². The van der Waals surface area contributed by atoms with Gasteiger partial charge in [-0.3, -0.25) is 4.79 Å². The number of halogens is 1. The molecule has 0 N–H and O–H groups in total. The zero-order valence-electron chi connectivity index (χ0n) is 21.9. The van der Waals surface area contributed by atoms with Gasteiger partial charge in [0.15, 0.2) is 5.75 Å². The molecular weight excluding hydrogens is 498 g/mol. The number of rotatable bonds is 20. The molecule has 4 heteroatoms. The predicted octanol–water partition coefficient (Wildman–Crippen LogP) is 9.56. The molecule has 0 amide bonds. The number of unbranched alkanes of at least 4 members (excludes halogenated alkanes) is 14. The molecule has 3 nitrogen and oxygen atoms in total. The Hall–Kier alpha value is -1.81.